The van der Waals surface area contributed by atoms with E-state index in [1.54, 1.807) is 22.3 Å². The van der Waals surface area contributed by atoms with Gasteiger partial charge in [-0.3, -0.25) is 9.48 Å². The number of fused-ring (bicyclic) bond motifs is 1. The van der Waals surface area contributed by atoms with Crippen LogP contribution >= 0.6 is 11.3 Å². The van der Waals surface area contributed by atoms with Gasteiger partial charge in [-0.05, 0) is 43.7 Å². The number of nitrogens with one attached hydrogen (secondary N) is 1. The molecule has 6 heteroatoms. The minimum atomic E-state index is 0.0651. The number of nitrogens with zero attached hydrogens (tertiary/aromatic N) is 3. The van der Waals surface area contributed by atoms with Crippen LogP contribution in [0.15, 0.2) is 18.7 Å². The molecule has 0 saturated carbocycles. The van der Waals surface area contributed by atoms with Crippen LogP contribution in [0.1, 0.15) is 52.2 Å². The Labute approximate surface area is 134 Å². The summed E-state index contributed by atoms with van der Waals surface area (Å²) >= 11 is 1.68. The van der Waals surface area contributed by atoms with Crippen molar-refractivity contribution in [3.63, 3.8) is 0 Å². The molecule has 0 unspecified atom stereocenters. The molecule has 0 aromatic carbocycles. The molecule has 0 spiro atoms. The molecule has 22 heavy (non-hydrogen) atoms. The van der Waals surface area contributed by atoms with E-state index in [1.165, 1.54) is 42.5 Å². The van der Waals surface area contributed by atoms with Crippen LogP contribution in [0.3, 0.4) is 0 Å². The lowest BCUT2D eigenvalue weighted by Crippen LogP contribution is -2.24. The maximum atomic E-state index is 12.3. The van der Waals surface area contributed by atoms with Gasteiger partial charge in [0.2, 0.25) is 0 Å². The zero-order valence-corrected chi connectivity index (χ0v) is 13.6. The Kier molecular flexibility index (Phi) is 5.21. The summed E-state index contributed by atoms with van der Waals surface area (Å²) in [6.07, 6.45) is 11.5. The van der Waals surface area contributed by atoms with Gasteiger partial charge in [0.25, 0.3) is 5.91 Å². The number of carbonyl (C=O) groups is 1. The molecule has 1 aliphatic carbocycles. The number of hydrogen-bond acceptors (Lipinski definition) is 4. The maximum absolute atomic E-state index is 12.3. The van der Waals surface area contributed by atoms with E-state index in [0.29, 0.717) is 6.54 Å². The van der Waals surface area contributed by atoms with Crippen LogP contribution in [0.2, 0.25) is 0 Å². The second-order valence-electron chi connectivity index (χ2n) is 5.74. The Morgan fingerprint density at radius 3 is 2.95 bits per heavy atom. The van der Waals surface area contributed by atoms with E-state index in [1.807, 2.05) is 0 Å². The number of rotatable bonds is 5. The molecule has 0 atom stereocenters. The Morgan fingerprint density at radius 2 is 2.14 bits per heavy atom. The number of amides is 1. The highest BCUT2D eigenvalue weighted by Crippen LogP contribution is 2.28. The molecule has 2 aromatic rings. The quantitative estimate of drug-likeness (QED) is 0.862. The first-order chi connectivity index (χ1) is 10.8. The Balaban J connectivity index is 1.50. The summed E-state index contributed by atoms with van der Waals surface area (Å²) in [4.78, 5) is 18.5. The third kappa shape index (κ3) is 3.94. The lowest BCUT2D eigenvalue weighted by molar-refractivity contribution is 0.0956. The predicted octanol–water partition coefficient (Wildman–Crippen LogP) is 2.82. The largest absolute Gasteiger partial charge is 0.351 e. The molecule has 0 aliphatic heterocycles. The van der Waals surface area contributed by atoms with Crippen molar-refractivity contribution < 1.29 is 4.79 Å². The second-order valence-corrected chi connectivity index (χ2v) is 6.88. The fourth-order valence-electron chi connectivity index (χ4n) is 2.83. The molecule has 1 amide bonds. The average Bonchev–Trinajstić information content (AvgIpc) is 3.13. The molecule has 2 heterocycles. The first-order valence-corrected chi connectivity index (χ1v) is 8.87. The van der Waals surface area contributed by atoms with Crippen LogP contribution in [0, 0.1) is 0 Å². The Bertz CT molecular complexity index is 580. The van der Waals surface area contributed by atoms with E-state index >= 15 is 0 Å². The smallest absolute Gasteiger partial charge is 0.261 e. The molecule has 1 aliphatic rings. The minimum absolute atomic E-state index is 0.0651. The molecular weight excluding hydrogens is 296 g/mol. The number of aromatic nitrogens is 3. The second kappa shape index (κ2) is 7.54. The van der Waals surface area contributed by atoms with E-state index in [-0.39, 0.29) is 5.91 Å². The van der Waals surface area contributed by atoms with Crippen LogP contribution in [0.25, 0.3) is 0 Å². The van der Waals surface area contributed by atoms with Crippen molar-refractivity contribution in [2.75, 3.05) is 6.54 Å². The number of hydrogen-bond donors (Lipinski definition) is 1. The Morgan fingerprint density at radius 1 is 1.27 bits per heavy atom. The molecule has 0 fully saturated rings. The topological polar surface area (TPSA) is 59.8 Å². The highest BCUT2D eigenvalue weighted by molar-refractivity contribution is 7.14. The SMILES string of the molecule is O=C(NCCCn1cncn1)c1cc2c(s1)CCCCCC2. The fourth-order valence-corrected chi connectivity index (χ4v) is 4.00. The molecule has 5 nitrogen and oxygen atoms in total. The fraction of sp³-hybridized carbons (Fsp3) is 0.562. The maximum Gasteiger partial charge on any atom is 0.261 e. The van der Waals surface area contributed by atoms with Gasteiger partial charge in [-0.2, -0.15) is 5.10 Å². The van der Waals surface area contributed by atoms with E-state index in [4.69, 9.17) is 0 Å². The number of carbonyl (C=O) groups excluding carboxylic acids is 1. The van der Waals surface area contributed by atoms with Gasteiger partial charge in [-0.1, -0.05) is 12.8 Å². The van der Waals surface area contributed by atoms with Gasteiger partial charge in [0, 0.05) is 18.0 Å². The lowest BCUT2D eigenvalue weighted by atomic mass is 10.00. The van der Waals surface area contributed by atoms with Crippen molar-refractivity contribution >= 4 is 17.2 Å². The van der Waals surface area contributed by atoms with Crippen molar-refractivity contribution in [1.29, 1.82) is 0 Å². The van der Waals surface area contributed by atoms with Crippen LogP contribution in [0.4, 0.5) is 0 Å². The van der Waals surface area contributed by atoms with Gasteiger partial charge in [-0.15, -0.1) is 11.3 Å². The molecule has 2 aromatic heterocycles. The highest BCUT2D eigenvalue weighted by atomic mass is 32.1. The van der Waals surface area contributed by atoms with E-state index in [0.717, 1.165) is 30.7 Å². The first-order valence-electron chi connectivity index (χ1n) is 8.05. The number of thiophene rings is 1. The van der Waals surface area contributed by atoms with Crippen molar-refractivity contribution in [1.82, 2.24) is 20.1 Å². The molecule has 0 saturated heterocycles. The van der Waals surface area contributed by atoms with Crippen molar-refractivity contribution in [2.45, 2.75) is 51.5 Å². The van der Waals surface area contributed by atoms with Crippen LogP contribution in [-0.4, -0.2) is 27.2 Å². The van der Waals surface area contributed by atoms with Crippen molar-refractivity contribution in [3.8, 4) is 0 Å². The van der Waals surface area contributed by atoms with Gasteiger partial charge in [0.05, 0.1) is 4.88 Å². The van der Waals surface area contributed by atoms with E-state index in [9.17, 15) is 4.79 Å². The molecular formula is C16H22N4OS. The summed E-state index contributed by atoms with van der Waals surface area (Å²) in [5.74, 6) is 0.0651. The van der Waals surface area contributed by atoms with Gasteiger partial charge in [0.15, 0.2) is 0 Å². The summed E-state index contributed by atoms with van der Waals surface area (Å²) in [7, 11) is 0. The summed E-state index contributed by atoms with van der Waals surface area (Å²) in [6.45, 7) is 1.45. The lowest BCUT2D eigenvalue weighted by Gasteiger charge is -2.07. The Hall–Kier alpha value is -1.69. The average molecular weight is 318 g/mol. The summed E-state index contributed by atoms with van der Waals surface area (Å²) in [5.41, 5.74) is 1.40. The van der Waals surface area contributed by atoms with E-state index < -0.39 is 0 Å². The molecule has 118 valence electrons. The van der Waals surface area contributed by atoms with E-state index in [2.05, 4.69) is 21.5 Å². The molecule has 1 N–H and O–H groups in total. The van der Waals surface area contributed by atoms with Crippen molar-refractivity contribution in [3.05, 3.63) is 34.0 Å². The summed E-state index contributed by atoms with van der Waals surface area (Å²) < 4.78 is 1.78. The highest BCUT2D eigenvalue weighted by Gasteiger charge is 2.15. The van der Waals surface area contributed by atoms with Crippen LogP contribution in [0.5, 0.6) is 0 Å². The predicted molar refractivity (Wildman–Crippen MR) is 87.2 cm³/mol. The minimum Gasteiger partial charge on any atom is -0.351 e. The summed E-state index contributed by atoms with van der Waals surface area (Å²) in [5, 5.41) is 7.06. The van der Waals surface area contributed by atoms with Gasteiger partial charge < -0.3 is 5.32 Å². The third-order valence-electron chi connectivity index (χ3n) is 4.04. The molecule has 0 radical (unpaired) electrons. The zero-order valence-electron chi connectivity index (χ0n) is 12.8. The van der Waals surface area contributed by atoms with Gasteiger partial charge in [0.1, 0.15) is 12.7 Å². The molecule has 3 rings (SSSR count). The van der Waals surface area contributed by atoms with Crippen LogP contribution < -0.4 is 5.32 Å². The monoisotopic (exact) mass is 318 g/mol. The van der Waals surface area contributed by atoms with Gasteiger partial charge >= 0.3 is 0 Å². The first kappa shape index (κ1) is 15.2. The van der Waals surface area contributed by atoms with Crippen molar-refractivity contribution in [2.24, 2.45) is 0 Å². The number of aryl methyl sites for hydroxylation is 3. The summed E-state index contributed by atoms with van der Waals surface area (Å²) in [6, 6.07) is 2.11. The molecule has 0 bridgehead atoms. The normalized spacial score (nSPS) is 14.9. The standard InChI is InChI=1S/C16H22N4OS/c21-16(18-8-5-9-20-12-17-11-19-20)15-10-13-6-3-1-2-4-7-14(13)22-15/h10-12H,1-9H2,(H,18,21). The van der Waals surface area contributed by atoms with Gasteiger partial charge in [-0.25, -0.2) is 4.98 Å². The zero-order chi connectivity index (χ0) is 15.2. The van der Waals surface area contributed by atoms with Crippen LogP contribution in [-0.2, 0) is 19.4 Å². The third-order valence-corrected chi connectivity index (χ3v) is 5.27.